The smallest absolute Gasteiger partial charge is 0.326 e. The number of hydrogen-bond donors (Lipinski definition) is 1. The Morgan fingerprint density at radius 2 is 2.03 bits per heavy atom. The lowest BCUT2D eigenvalue weighted by Gasteiger charge is -2.23. The van der Waals surface area contributed by atoms with E-state index in [4.69, 9.17) is 15.3 Å². The van der Waals surface area contributed by atoms with Gasteiger partial charge in [-0.15, -0.1) is 0 Å². The van der Waals surface area contributed by atoms with Gasteiger partial charge in [-0.1, -0.05) is 53.7 Å². The number of carbonyl (C=O) groups is 1. The van der Waals surface area contributed by atoms with Gasteiger partial charge in [0, 0.05) is 12.0 Å². The molecule has 0 radical (unpaired) electrons. The summed E-state index contributed by atoms with van der Waals surface area (Å²) in [6.45, 7) is 2.77. The van der Waals surface area contributed by atoms with Crippen molar-refractivity contribution in [2.75, 3.05) is 13.2 Å². The molecule has 164 valence electrons. The van der Waals surface area contributed by atoms with E-state index < -0.39 is 5.54 Å². The summed E-state index contributed by atoms with van der Waals surface area (Å²) in [5.74, 6) is 0.0293. The molecule has 0 bridgehead atoms. The molecule has 0 heterocycles. The Hall–Kier alpha value is -2.66. The van der Waals surface area contributed by atoms with Crippen molar-refractivity contribution in [1.82, 2.24) is 0 Å². The minimum absolute atomic E-state index is 0.266. The first-order chi connectivity index (χ1) is 15.1. The number of esters is 1. The molecule has 2 aromatic rings. The maximum atomic E-state index is 12.3. The van der Waals surface area contributed by atoms with Gasteiger partial charge in [0.1, 0.15) is 12.1 Å². The van der Waals surface area contributed by atoms with Crippen molar-refractivity contribution in [1.29, 1.82) is 0 Å². The molecule has 2 N–H and O–H groups in total. The highest BCUT2D eigenvalue weighted by molar-refractivity contribution is 6.02. The van der Waals surface area contributed by atoms with E-state index >= 15 is 0 Å². The largest absolute Gasteiger partial charge is 0.465 e. The van der Waals surface area contributed by atoms with Crippen LogP contribution in [0.15, 0.2) is 53.7 Å². The molecule has 2 aromatic carbocycles. The predicted molar refractivity (Wildman–Crippen MR) is 122 cm³/mol. The van der Waals surface area contributed by atoms with Gasteiger partial charge in [0.2, 0.25) is 0 Å². The molecule has 2 unspecified atom stereocenters. The van der Waals surface area contributed by atoms with Crippen LogP contribution in [0.25, 0.3) is 0 Å². The summed E-state index contributed by atoms with van der Waals surface area (Å²) in [5, 5.41) is 4.47. The van der Waals surface area contributed by atoms with Gasteiger partial charge in [-0.25, -0.2) is 0 Å². The molecule has 31 heavy (non-hydrogen) atoms. The fraction of sp³-hybridized carbons (Fsp3) is 0.462. The van der Waals surface area contributed by atoms with Gasteiger partial charge in [0.15, 0.2) is 0 Å². The highest BCUT2D eigenvalue weighted by Crippen LogP contribution is 2.41. The zero-order valence-electron chi connectivity index (χ0n) is 18.3. The minimum atomic E-state index is -0.851. The lowest BCUT2D eigenvalue weighted by molar-refractivity contribution is -0.149. The van der Waals surface area contributed by atoms with Crippen LogP contribution in [0.2, 0.25) is 0 Å². The SMILES string of the molecule is CCOC(=O)C1(N)CCC(c2ccc3c(c2)CCC/C3=N/OCCc2ccccc2)C1. The fourth-order valence-corrected chi connectivity index (χ4v) is 4.78. The molecule has 2 aliphatic carbocycles. The number of fused-ring (bicyclic) bond motifs is 1. The third-order valence-electron chi connectivity index (χ3n) is 6.50. The molecule has 0 aliphatic heterocycles. The van der Waals surface area contributed by atoms with Crippen molar-refractivity contribution in [3.05, 3.63) is 70.8 Å². The summed E-state index contributed by atoms with van der Waals surface area (Å²) in [6.07, 6.45) is 6.15. The quantitative estimate of drug-likeness (QED) is 0.406. The number of oxime groups is 1. The molecule has 2 aliphatic rings. The van der Waals surface area contributed by atoms with Crippen LogP contribution in [0, 0.1) is 0 Å². The Bertz CT molecular complexity index is 941. The molecule has 0 amide bonds. The average molecular weight is 421 g/mol. The van der Waals surface area contributed by atoms with Crippen LogP contribution >= 0.6 is 0 Å². The van der Waals surface area contributed by atoms with E-state index in [2.05, 4.69) is 35.5 Å². The summed E-state index contributed by atoms with van der Waals surface area (Å²) in [4.78, 5) is 17.9. The van der Waals surface area contributed by atoms with E-state index in [-0.39, 0.29) is 5.97 Å². The van der Waals surface area contributed by atoms with E-state index in [1.165, 1.54) is 22.3 Å². The standard InChI is InChI=1S/C26H32N2O3/c1-2-30-25(29)26(27)15-13-22(18-26)20-11-12-23-21(17-20)9-6-10-24(23)28-31-16-14-19-7-4-3-5-8-19/h3-5,7-8,11-12,17,22H,2,6,9-10,13-16,18,27H2,1H3/b28-24-. The Morgan fingerprint density at radius 3 is 2.84 bits per heavy atom. The molecular formula is C26H32N2O3. The highest BCUT2D eigenvalue weighted by atomic mass is 16.6. The summed E-state index contributed by atoms with van der Waals surface area (Å²) < 4.78 is 5.20. The first-order valence-electron chi connectivity index (χ1n) is 11.4. The second-order valence-corrected chi connectivity index (χ2v) is 8.69. The maximum Gasteiger partial charge on any atom is 0.326 e. The summed E-state index contributed by atoms with van der Waals surface area (Å²) in [5.41, 5.74) is 11.6. The van der Waals surface area contributed by atoms with Crippen molar-refractivity contribution in [2.24, 2.45) is 10.9 Å². The number of nitrogens with zero attached hydrogens (tertiary/aromatic N) is 1. The molecule has 0 aromatic heterocycles. The van der Waals surface area contributed by atoms with E-state index in [9.17, 15) is 4.79 Å². The van der Waals surface area contributed by atoms with E-state index in [1.807, 2.05) is 25.1 Å². The van der Waals surface area contributed by atoms with E-state index in [1.54, 1.807) is 0 Å². The van der Waals surface area contributed by atoms with Gasteiger partial charge in [-0.3, -0.25) is 4.79 Å². The number of benzene rings is 2. The Balaban J connectivity index is 1.41. The number of ether oxygens (including phenoxy) is 1. The maximum absolute atomic E-state index is 12.3. The molecule has 0 spiro atoms. The van der Waals surface area contributed by atoms with Gasteiger partial charge in [-0.05, 0) is 68.1 Å². The fourth-order valence-electron chi connectivity index (χ4n) is 4.78. The Morgan fingerprint density at radius 1 is 1.19 bits per heavy atom. The second kappa shape index (κ2) is 9.65. The van der Waals surface area contributed by atoms with Crippen LogP contribution in [0.4, 0.5) is 0 Å². The zero-order valence-corrected chi connectivity index (χ0v) is 18.3. The molecule has 2 atom stereocenters. The normalized spacial score (nSPS) is 24.1. The topological polar surface area (TPSA) is 73.9 Å². The van der Waals surface area contributed by atoms with E-state index in [0.29, 0.717) is 32.0 Å². The van der Waals surface area contributed by atoms with Crippen molar-refractivity contribution < 1.29 is 14.4 Å². The molecule has 5 nitrogen and oxygen atoms in total. The Labute approximate surface area is 184 Å². The molecule has 4 rings (SSSR count). The molecule has 1 fully saturated rings. The highest BCUT2D eigenvalue weighted by Gasteiger charge is 2.43. The van der Waals surface area contributed by atoms with Gasteiger partial charge in [-0.2, -0.15) is 0 Å². The van der Waals surface area contributed by atoms with Crippen LogP contribution in [-0.2, 0) is 27.2 Å². The van der Waals surface area contributed by atoms with Gasteiger partial charge >= 0.3 is 5.97 Å². The number of hydrogen-bond acceptors (Lipinski definition) is 5. The lowest BCUT2D eigenvalue weighted by Crippen LogP contribution is -2.46. The van der Waals surface area contributed by atoms with E-state index in [0.717, 1.165) is 37.8 Å². The average Bonchev–Trinajstić information content (AvgIpc) is 3.21. The molecule has 5 heteroatoms. The van der Waals surface area contributed by atoms with Crippen LogP contribution < -0.4 is 5.73 Å². The van der Waals surface area contributed by atoms with Crippen molar-refractivity contribution in [3.8, 4) is 0 Å². The van der Waals surface area contributed by atoms with Crippen LogP contribution in [0.3, 0.4) is 0 Å². The summed E-state index contributed by atoms with van der Waals surface area (Å²) >= 11 is 0. The lowest BCUT2D eigenvalue weighted by atomic mass is 9.85. The van der Waals surface area contributed by atoms with Crippen LogP contribution in [-0.4, -0.2) is 30.4 Å². The number of rotatable bonds is 7. The third kappa shape index (κ3) is 4.99. The van der Waals surface area contributed by atoms with Crippen LogP contribution in [0.5, 0.6) is 0 Å². The second-order valence-electron chi connectivity index (χ2n) is 8.69. The minimum Gasteiger partial charge on any atom is -0.465 e. The summed E-state index contributed by atoms with van der Waals surface area (Å²) in [6, 6.07) is 17.0. The first-order valence-corrected chi connectivity index (χ1v) is 11.4. The molecular weight excluding hydrogens is 388 g/mol. The molecule has 0 saturated heterocycles. The van der Waals surface area contributed by atoms with Crippen molar-refractivity contribution in [3.63, 3.8) is 0 Å². The third-order valence-corrected chi connectivity index (χ3v) is 6.50. The first kappa shape index (κ1) is 21.6. The Kier molecular flexibility index (Phi) is 6.71. The summed E-state index contributed by atoms with van der Waals surface area (Å²) in [7, 11) is 0. The van der Waals surface area contributed by atoms with Gasteiger partial charge in [0.25, 0.3) is 0 Å². The van der Waals surface area contributed by atoms with Gasteiger partial charge in [0.05, 0.1) is 12.3 Å². The molecule has 1 saturated carbocycles. The number of aryl methyl sites for hydroxylation is 1. The van der Waals surface area contributed by atoms with Crippen molar-refractivity contribution in [2.45, 2.75) is 63.3 Å². The number of carbonyl (C=O) groups excluding carboxylic acids is 1. The van der Waals surface area contributed by atoms with Crippen molar-refractivity contribution >= 4 is 11.7 Å². The monoisotopic (exact) mass is 420 g/mol. The van der Waals surface area contributed by atoms with Crippen LogP contribution in [0.1, 0.15) is 67.2 Å². The zero-order chi connectivity index (χ0) is 21.7. The number of nitrogens with two attached hydrogens (primary N) is 1. The predicted octanol–water partition coefficient (Wildman–Crippen LogP) is 4.51. The van der Waals surface area contributed by atoms with Gasteiger partial charge < -0.3 is 15.3 Å².